The summed E-state index contributed by atoms with van der Waals surface area (Å²) in [4.78, 5) is 0. The molecular formula is C27H57N3. The van der Waals surface area contributed by atoms with Gasteiger partial charge in [0.25, 0.3) is 0 Å². The van der Waals surface area contributed by atoms with Crippen molar-refractivity contribution in [2.24, 2.45) is 0 Å². The van der Waals surface area contributed by atoms with Gasteiger partial charge in [-0.15, -0.1) is 0 Å². The minimum Gasteiger partial charge on any atom is -0.289 e. The molecule has 2 atom stereocenters. The Morgan fingerprint density at radius 2 is 0.733 bits per heavy atom. The topological polar surface area (TPSA) is 36.1 Å². The fourth-order valence-corrected chi connectivity index (χ4v) is 4.71. The third-order valence-corrected chi connectivity index (χ3v) is 6.79. The van der Waals surface area contributed by atoms with E-state index in [2.05, 4.69) is 29.8 Å². The lowest BCUT2D eigenvalue weighted by Crippen LogP contribution is -2.61. The van der Waals surface area contributed by atoms with E-state index in [1.165, 1.54) is 141 Å². The van der Waals surface area contributed by atoms with Crippen LogP contribution in [0.5, 0.6) is 0 Å². The molecule has 1 heterocycles. The van der Waals surface area contributed by atoms with Gasteiger partial charge in [0.05, 0.1) is 12.3 Å². The summed E-state index contributed by atoms with van der Waals surface area (Å²) in [5.41, 5.74) is 0. The molecule has 3 nitrogen and oxygen atoms in total. The third-order valence-electron chi connectivity index (χ3n) is 6.79. The van der Waals surface area contributed by atoms with Crippen LogP contribution in [0.1, 0.15) is 155 Å². The van der Waals surface area contributed by atoms with Gasteiger partial charge in [0.2, 0.25) is 0 Å². The molecular weight excluding hydrogens is 366 g/mol. The molecule has 0 amide bonds. The second kappa shape index (κ2) is 22.1. The molecule has 0 aliphatic carbocycles. The van der Waals surface area contributed by atoms with E-state index in [0.29, 0.717) is 12.3 Å². The van der Waals surface area contributed by atoms with Crippen LogP contribution in [0, 0.1) is 0 Å². The zero-order valence-electron chi connectivity index (χ0n) is 20.9. The van der Waals surface area contributed by atoms with Crippen molar-refractivity contribution in [2.45, 2.75) is 167 Å². The fourth-order valence-electron chi connectivity index (χ4n) is 4.71. The Morgan fingerprint density at radius 1 is 0.433 bits per heavy atom. The molecule has 0 bridgehead atoms. The Morgan fingerprint density at radius 3 is 1.07 bits per heavy atom. The summed E-state index contributed by atoms with van der Waals surface area (Å²) in [5, 5.41) is 11.0. The Labute approximate surface area is 190 Å². The highest BCUT2D eigenvalue weighted by Gasteiger charge is 2.18. The van der Waals surface area contributed by atoms with Gasteiger partial charge < -0.3 is 0 Å². The van der Waals surface area contributed by atoms with Gasteiger partial charge in [-0.1, -0.05) is 142 Å². The second-order valence-electron chi connectivity index (χ2n) is 9.80. The molecule has 3 heteroatoms. The molecule has 1 aliphatic heterocycles. The highest BCUT2D eigenvalue weighted by atomic mass is 15.3. The molecule has 30 heavy (non-hydrogen) atoms. The normalized spacial score (nSPS) is 19.4. The van der Waals surface area contributed by atoms with Gasteiger partial charge in [-0.2, -0.15) is 0 Å². The fraction of sp³-hybridized carbons (Fsp3) is 1.00. The summed E-state index contributed by atoms with van der Waals surface area (Å²) in [7, 11) is 0. The van der Waals surface area contributed by atoms with Crippen molar-refractivity contribution in [3.63, 3.8) is 0 Å². The minimum absolute atomic E-state index is 0.522. The molecule has 0 radical (unpaired) electrons. The number of rotatable bonds is 22. The van der Waals surface area contributed by atoms with Crippen molar-refractivity contribution in [1.29, 1.82) is 0 Å². The largest absolute Gasteiger partial charge is 0.289 e. The van der Waals surface area contributed by atoms with Gasteiger partial charge in [-0.05, 0) is 12.8 Å². The summed E-state index contributed by atoms with van der Waals surface area (Å²) in [5.74, 6) is 0. The van der Waals surface area contributed by atoms with Crippen LogP contribution in [0.4, 0.5) is 0 Å². The zero-order chi connectivity index (χ0) is 21.5. The van der Waals surface area contributed by atoms with Crippen LogP contribution in [-0.2, 0) is 0 Å². The van der Waals surface area contributed by atoms with Gasteiger partial charge in [0.15, 0.2) is 0 Å². The quantitative estimate of drug-likeness (QED) is 0.154. The average Bonchev–Trinajstić information content (AvgIpc) is 2.76. The molecule has 0 aromatic carbocycles. The molecule has 3 N–H and O–H groups in total. The van der Waals surface area contributed by atoms with E-state index in [1.54, 1.807) is 0 Å². The minimum atomic E-state index is 0.522. The number of hydrogen-bond donors (Lipinski definition) is 3. The maximum atomic E-state index is 3.79. The lowest BCUT2D eigenvalue weighted by atomic mass is 10.0. The summed E-state index contributed by atoms with van der Waals surface area (Å²) < 4.78 is 0. The number of nitrogens with one attached hydrogen (secondary N) is 3. The summed E-state index contributed by atoms with van der Waals surface area (Å²) >= 11 is 0. The van der Waals surface area contributed by atoms with Crippen LogP contribution in [-0.4, -0.2) is 19.0 Å². The van der Waals surface area contributed by atoms with Crippen LogP contribution >= 0.6 is 0 Å². The van der Waals surface area contributed by atoms with Crippen LogP contribution in [0.2, 0.25) is 0 Å². The van der Waals surface area contributed by atoms with Gasteiger partial charge in [0, 0.05) is 6.67 Å². The molecule has 2 unspecified atom stereocenters. The molecule has 1 aliphatic rings. The van der Waals surface area contributed by atoms with E-state index >= 15 is 0 Å². The number of unbranched alkanes of at least 4 members (excludes halogenated alkanes) is 18. The number of hydrogen-bond acceptors (Lipinski definition) is 3. The van der Waals surface area contributed by atoms with Crippen LogP contribution in [0.15, 0.2) is 0 Å². The van der Waals surface area contributed by atoms with Gasteiger partial charge in [-0.3, -0.25) is 16.0 Å². The molecule has 1 rings (SSSR count). The summed E-state index contributed by atoms with van der Waals surface area (Å²) in [6.07, 6.45) is 32.1. The Kier molecular flexibility index (Phi) is 20.6. The maximum Gasteiger partial charge on any atom is 0.0593 e. The van der Waals surface area contributed by atoms with Gasteiger partial charge in [0.1, 0.15) is 0 Å². The molecule has 0 aromatic heterocycles. The lowest BCUT2D eigenvalue weighted by Gasteiger charge is -2.33. The van der Waals surface area contributed by atoms with Crippen molar-refractivity contribution in [3.05, 3.63) is 0 Å². The first kappa shape index (κ1) is 27.9. The maximum absolute atomic E-state index is 3.79. The average molecular weight is 424 g/mol. The van der Waals surface area contributed by atoms with Gasteiger partial charge in [-0.25, -0.2) is 0 Å². The first-order valence-electron chi connectivity index (χ1n) is 14.1. The van der Waals surface area contributed by atoms with Crippen LogP contribution in [0.3, 0.4) is 0 Å². The Bertz CT molecular complexity index is 304. The molecule has 0 spiro atoms. The van der Waals surface area contributed by atoms with Crippen molar-refractivity contribution in [3.8, 4) is 0 Å². The van der Waals surface area contributed by atoms with Gasteiger partial charge >= 0.3 is 0 Å². The van der Waals surface area contributed by atoms with E-state index in [1.807, 2.05) is 0 Å². The smallest absolute Gasteiger partial charge is 0.0593 e. The lowest BCUT2D eigenvalue weighted by molar-refractivity contribution is 0.233. The molecule has 0 aromatic rings. The van der Waals surface area contributed by atoms with E-state index in [0.717, 1.165) is 6.67 Å². The molecule has 1 fully saturated rings. The zero-order valence-corrected chi connectivity index (χ0v) is 20.9. The first-order chi connectivity index (χ1) is 14.9. The highest BCUT2D eigenvalue weighted by molar-refractivity contribution is 4.76. The summed E-state index contributed by atoms with van der Waals surface area (Å²) in [6, 6.07) is 0. The van der Waals surface area contributed by atoms with E-state index in [4.69, 9.17) is 0 Å². The van der Waals surface area contributed by atoms with E-state index in [9.17, 15) is 0 Å². The van der Waals surface area contributed by atoms with Crippen molar-refractivity contribution in [2.75, 3.05) is 6.67 Å². The Balaban J connectivity index is 1.86. The highest BCUT2D eigenvalue weighted by Crippen LogP contribution is 2.14. The second-order valence-corrected chi connectivity index (χ2v) is 9.80. The SMILES string of the molecule is CCCCCCCCCCCCC1NCNC(CCCCCCCCCCCC)N1. The van der Waals surface area contributed by atoms with E-state index < -0.39 is 0 Å². The third kappa shape index (κ3) is 17.5. The van der Waals surface area contributed by atoms with E-state index in [-0.39, 0.29) is 0 Å². The van der Waals surface area contributed by atoms with Crippen molar-refractivity contribution < 1.29 is 0 Å². The molecule has 1 saturated heterocycles. The van der Waals surface area contributed by atoms with Crippen LogP contribution in [0.25, 0.3) is 0 Å². The monoisotopic (exact) mass is 423 g/mol. The van der Waals surface area contributed by atoms with Crippen molar-refractivity contribution >= 4 is 0 Å². The first-order valence-corrected chi connectivity index (χ1v) is 14.1. The summed E-state index contributed by atoms with van der Waals surface area (Å²) in [6.45, 7) is 5.57. The van der Waals surface area contributed by atoms with Crippen LogP contribution < -0.4 is 16.0 Å². The predicted octanol–water partition coefficient (Wildman–Crippen LogP) is 8.00. The molecule has 0 saturated carbocycles. The predicted molar refractivity (Wildman–Crippen MR) is 135 cm³/mol. The standard InChI is InChI=1S/C27H57N3/c1-3-5-7-9-11-13-15-17-19-21-23-26-28-25-29-27(30-26)24-22-20-18-16-14-12-10-8-6-4-2/h26-30H,3-25H2,1-2H3. The Hall–Kier alpha value is -0.120. The molecule has 180 valence electrons. The van der Waals surface area contributed by atoms with Crippen molar-refractivity contribution in [1.82, 2.24) is 16.0 Å².